The molecular formula is C54H70N8O8. The van der Waals surface area contributed by atoms with Gasteiger partial charge in [0, 0.05) is 74.8 Å². The number of aromatic hydroxyl groups is 1. The number of phenolic OH excluding ortho intramolecular Hbond substituents is 1. The fourth-order valence-corrected chi connectivity index (χ4v) is 10.0. The van der Waals surface area contributed by atoms with Gasteiger partial charge in [0.2, 0.25) is 11.8 Å². The van der Waals surface area contributed by atoms with Gasteiger partial charge in [-0.15, -0.1) is 0 Å². The van der Waals surface area contributed by atoms with Crippen molar-refractivity contribution in [2.45, 2.75) is 111 Å². The predicted octanol–water partition coefficient (Wildman–Crippen LogP) is 5.18. The van der Waals surface area contributed by atoms with E-state index in [1.807, 2.05) is 58.0 Å². The summed E-state index contributed by atoms with van der Waals surface area (Å²) >= 11 is 0. The number of nitrogens with one attached hydrogen (secondary N) is 2. The molecule has 0 aliphatic carbocycles. The minimum atomic E-state index is -1.18. The first-order chi connectivity index (χ1) is 33.3. The van der Waals surface area contributed by atoms with Crippen molar-refractivity contribution >= 4 is 40.5 Å². The second-order valence-corrected chi connectivity index (χ2v) is 20.4. The molecule has 5 heterocycles. The average molecular weight is 959 g/mol. The van der Waals surface area contributed by atoms with E-state index in [1.165, 1.54) is 9.91 Å². The molecule has 3 aliphatic heterocycles. The Kier molecular flexibility index (Phi) is 16.0. The molecule has 374 valence electrons. The number of aryl methyl sites for hydroxylation is 1. The van der Waals surface area contributed by atoms with Gasteiger partial charge in [-0.05, 0) is 124 Å². The topological polar surface area (TPSA) is 179 Å². The van der Waals surface area contributed by atoms with Gasteiger partial charge in [-0.1, -0.05) is 45.7 Å². The molecule has 2 fully saturated rings. The molecule has 7 rings (SSSR count). The highest BCUT2D eigenvalue weighted by Crippen LogP contribution is 2.41. The molecule has 0 radical (unpaired) electrons. The van der Waals surface area contributed by atoms with Crippen LogP contribution in [-0.4, -0.2) is 143 Å². The third-order valence-electron chi connectivity index (χ3n) is 13.9. The smallest absolute Gasteiger partial charge is 0.324 e. The molecule has 0 saturated carbocycles. The number of hydrogen-bond donors (Lipinski definition) is 3. The van der Waals surface area contributed by atoms with E-state index in [4.69, 9.17) is 14.5 Å². The molecule has 5 atom stereocenters. The summed E-state index contributed by atoms with van der Waals surface area (Å²) in [6.45, 7) is 13.7. The molecule has 6 bridgehead atoms. The molecule has 16 heteroatoms. The summed E-state index contributed by atoms with van der Waals surface area (Å²) in [5.74, 6) is 2.62. The van der Waals surface area contributed by atoms with Crippen LogP contribution in [0.1, 0.15) is 77.6 Å². The predicted molar refractivity (Wildman–Crippen MR) is 268 cm³/mol. The number of hydrogen-bond acceptors (Lipinski definition) is 11. The Hall–Kier alpha value is -6.28. The van der Waals surface area contributed by atoms with Crippen LogP contribution in [0.25, 0.3) is 33.3 Å². The number of pyridine rings is 1. The van der Waals surface area contributed by atoms with Crippen LogP contribution in [0.5, 0.6) is 5.75 Å². The first-order valence-electron chi connectivity index (χ1n) is 24.5. The minimum absolute atomic E-state index is 0.0150. The van der Waals surface area contributed by atoms with E-state index in [-0.39, 0.29) is 55.6 Å². The molecule has 70 heavy (non-hydrogen) atoms. The number of esters is 1. The van der Waals surface area contributed by atoms with Crippen LogP contribution in [0.3, 0.4) is 0 Å². The Labute approximate surface area is 412 Å². The molecule has 2 aromatic heterocycles. The van der Waals surface area contributed by atoms with Gasteiger partial charge >= 0.3 is 5.97 Å². The summed E-state index contributed by atoms with van der Waals surface area (Å²) in [7, 11) is 7.00. The van der Waals surface area contributed by atoms with Crippen LogP contribution >= 0.6 is 0 Å². The average Bonchev–Trinajstić information content (AvgIpc) is 3.94. The van der Waals surface area contributed by atoms with E-state index >= 15 is 0 Å². The number of amides is 4. The number of cyclic esters (lactones) is 1. The number of phenols is 1. The molecule has 3 N–H and O–H groups in total. The van der Waals surface area contributed by atoms with Gasteiger partial charge < -0.3 is 34.3 Å². The number of likely N-dealkylation sites (tertiary alicyclic amines) is 1. The number of carbonyl (C=O) groups excluding carboxylic acids is 5. The van der Waals surface area contributed by atoms with Crippen LogP contribution in [0.4, 0.5) is 0 Å². The maximum absolute atomic E-state index is 14.8. The van der Waals surface area contributed by atoms with Gasteiger partial charge in [0.1, 0.15) is 23.9 Å². The van der Waals surface area contributed by atoms with Gasteiger partial charge in [0.05, 0.1) is 36.6 Å². The lowest BCUT2D eigenvalue weighted by Gasteiger charge is -2.37. The zero-order valence-electron chi connectivity index (χ0n) is 42.4. The highest BCUT2D eigenvalue weighted by molar-refractivity contribution is 5.97. The number of aromatic nitrogens is 2. The second-order valence-electron chi connectivity index (χ2n) is 20.4. The number of fused-ring (bicyclic) bond motifs is 6. The van der Waals surface area contributed by atoms with Crippen molar-refractivity contribution in [2.75, 3.05) is 54.5 Å². The SMILES string of the molecule is CCn1c(-c2cccnc2COC)c2c3cc(ccc31)-c1cc(O)cc(c1)C[C@H](NC(=O)C(C(C)C)N(C)C(=O)[C@H]1CCN(C(=O)C#C[C@H](C)N(C)C)C1)C(=O)N1CCC[C@H](N1)C(=O)OCC(C)(C)C2. The summed E-state index contributed by atoms with van der Waals surface area (Å²) < 4.78 is 14.0. The fraction of sp³-hybridized carbons (Fsp3) is 0.519. The van der Waals surface area contributed by atoms with Crippen LogP contribution in [0.2, 0.25) is 0 Å². The summed E-state index contributed by atoms with van der Waals surface area (Å²) in [5.41, 5.74) is 9.52. The van der Waals surface area contributed by atoms with Crippen molar-refractivity contribution in [3.05, 3.63) is 71.5 Å². The molecule has 2 saturated heterocycles. The lowest BCUT2D eigenvalue weighted by Crippen LogP contribution is -2.62. The molecule has 3 aliphatic rings. The first kappa shape index (κ1) is 51.6. The number of carbonyl (C=O) groups is 5. The van der Waals surface area contributed by atoms with E-state index in [0.717, 1.165) is 39.0 Å². The largest absolute Gasteiger partial charge is 0.508 e. The van der Waals surface area contributed by atoms with Gasteiger partial charge in [-0.3, -0.25) is 38.9 Å². The van der Waals surface area contributed by atoms with Gasteiger partial charge in [0.25, 0.3) is 11.8 Å². The lowest BCUT2D eigenvalue weighted by atomic mass is 9.84. The Morgan fingerprint density at radius 3 is 2.53 bits per heavy atom. The summed E-state index contributed by atoms with van der Waals surface area (Å²) in [4.78, 5) is 80.1. The van der Waals surface area contributed by atoms with Crippen molar-refractivity contribution < 1.29 is 38.6 Å². The number of ether oxygens (including phenoxy) is 2. The monoisotopic (exact) mass is 959 g/mol. The standard InChI is InChI=1S/C54H70N8O8/c1-11-61-46-18-17-36-28-41(46)42(49(61)40-14-12-21-55-45(40)31-69-10)29-54(5,6)32-70-53(68)43-15-13-22-62(57-43)52(67)44(26-35-24-38(36)27-39(63)25-35)56-50(65)48(33(2)3)59(9)51(66)37-20-23-60(30-37)47(64)19-16-34(4)58(7)8/h12,14,17-18,21,24-25,27-28,33-34,37,43-44,48,57,63H,11,13,15,20,22-23,26,29-32H2,1-10H3,(H,56,65)/t34-,37-,43-,44-,48?/m0/s1. The third-order valence-corrected chi connectivity index (χ3v) is 13.9. The van der Waals surface area contributed by atoms with Crippen molar-refractivity contribution in [1.29, 1.82) is 0 Å². The van der Waals surface area contributed by atoms with Crippen LogP contribution < -0.4 is 10.7 Å². The van der Waals surface area contributed by atoms with Crippen molar-refractivity contribution in [3.8, 4) is 40.0 Å². The van der Waals surface area contributed by atoms with Crippen LogP contribution in [-0.2, 0) is 59.4 Å². The van der Waals surface area contributed by atoms with Crippen LogP contribution in [0.15, 0.2) is 54.7 Å². The van der Waals surface area contributed by atoms with E-state index in [1.54, 1.807) is 37.4 Å². The number of benzene rings is 2. The highest BCUT2D eigenvalue weighted by atomic mass is 16.5. The first-order valence-corrected chi connectivity index (χ1v) is 24.5. The quantitative estimate of drug-likeness (QED) is 0.141. The molecule has 4 aromatic rings. The molecule has 1 unspecified atom stereocenters. The number of nitrogens with zero attached hydrogens (tertiary/aromatic N) is 6. The van der Waals surface area contributed by atoms with Crippen molar-refractivity contribution in [3.63, 3.8) is 0 Å². The zero-order valence-corrected chi connectivity index (χ0v) is 42.4. The summed E-state index contributed by atoms with van der Waals surface area (Å²) in [6.07, 6.45) is 3.65. The Balaban J connectivity index is 1.25. The van der Waals surface area contributed by atoms with Gasteiger partial charge in [-0.2, -0.15) is 0 Å². The molecule has 2 aromatic carbocycles. The Bertz CT molecular complexity index is 2680. The second kappa shape index (κ2) is 21.8. The van der Waals surface area contributed by atoms with E-state index in [9.17, 15) is 29.1 Å². The number of rotatable bonds is 10. The number of likely N-dealkylation sites (N-methyl/N-ethyl adjacent to an activating group) is 1. The maximum atomic E-state index is 14.8. The van der Waals surface area contributed by atoms with E-state index in [2.05, 4.69) is 66.1 Å². The van der Waals surface area contributed by atoms with Gasteiger partial charge in [-0.25, -0.2) is 5.43 Å². The highest BCUT2D eigenvalue weighted by Gasteiger charge is 2.40. The number of methoxy groups -OCH3 is 1. The van der Waals surface area contributed by atoms with E-state index in [0.29, 0.717) is 56.5 Å². The number of hydrazine groups is 1. The summed E-state index contributed by atoms with van der Waals surface area (Å²) in [5, 5.41) is 16.8. The van der Waals surface area contributed by atoms with Crippen molar-refractivity contribution in [1.82, 2.24) is 40.0 Å². The Morgan fingerprint density at radius 1 is 1.04 bits per heavy atom. The van der Waals surface area contributed by atoms with Crippen molar-refractivity contribution in [2.24, 2.45) is 17.3 Å². The third kappa shape index (κ3) is 11.3. The normalized spacial score (nSPS) is 20.4. The Morgan fingerprint density at radius 2 is 1.81 bits per heavy atom. The van der Waals surface area contributed by atoms with Crippen LogP contribution in [0, 0.1) is 29.1 Å². The van der Waals surface area contributed by atoms with E-state index < -0.39 is 47.2 Å². The molecule has 16 nitrogen and oxygen atoms in total. The lowest BCUT2D eigenvalue weighted by molar-refractivity contribution is -0.155. The molecule has 0 spiro atoms. The summed E-state index contributed by atoms with van der Waals surface area (Å²) in [6, 6.07) is 12.3. The zero-order chi connectivity index (χ0) is 50.6. The minimum Gasteiger partial charge on any atom is -0.508 e. The molecule has 4 amide bonds. The van der Waals surface area contributed by atoms with Gasteiger partial charge in [0.15, 0.2) is 0 Å². The fourth-order valence-electron chi connectivity index (χ4n) is 10.0. The maximum Gasteiger partial charge on any atom is 0.324 e. The molecular weight excluding hydrogens is 889 g/mol.